The van der Waals surface area contributed by atoms with Crippen LogP contribution in [0, 0.1) is 11.8 Å². The Morgan fingerprint density at radius 2 is 1.46 bits per heavy atom. The van der Waals surface area contributed by atoms with Gasteiger partial charge in [0, 0.05) is 32.0 Å². The first kappa shape index (κ1) is 22.0. The second-order valence-corrected chi connectivity index (χ2v) is 7.06. The molecule has 1 aromatic carbocycles. The van der Waals surface area contributed by atoms with Gasteiger partial charge in [0.2, 0.25) is 11.8 Å². The summed E-state index contributed by atoms with van der Waals surface area (Å²) < 4.78 is 15.5. The van der Waals surface area contributed by atoms with Crippen LogP contribution >= 0.6 is 0 Å². The van der Waals surface area contributed by atoms with Crippen LogP contribution in [0.5, 0.6) is 11.5 Å². The molecule has 2 amide bonds. The summed E-state index contributed by atoms with van der Waals surface area (Å²) in [5, 5.41) is 5.91. The molecule has 1 aliphatic rings. The maximum absolute atomic E-state index is 12.4. The van der Waals surface area contributed by atoms with Gasteiger partial charge in [-0.1, -0.05) is 6.07 Å². The van der Waals surface area contributed by atoms with Crippen LogP contribution in [0.2, 0.25) is 0 Å². The van der Waals surface area contributed by atoms with E-state index in [9.17, 15) is 9.59 Å². The van der Waals surface area contributed by atoms with Crippen molar-refractivity contribution < 1.29 is 23.8 Å². The Labute approximate surface area is 167 Å². The van der Waals surface area contributed by atoms with E-state index in [2.05, 4.69) is 10.6 Å². The van der Waals surface area contributed by atoms with Crippen LogP contribution in [0.25, 0.3) is 0 Å². The van der Waals surface area contributed by atoms with Crippen LogP contribution in [-0.4, -0.2) is 52.8 Å². The lowest BCUT2D eigenvalue weighted by Crippen LogP contribution is -2.38. The highest BCUT2D eigenvalue weighted by Crippen LogP contribution is 2.29. The van der Waals surface area contributed by atoms with Crippen LogP contribution in [0.1, 0.15) is 31.2 Å². The zero-order chi connectivity index (χ0) is 20.4. The summed E-state index contributed by atoms with van der Waals surface area (Å²) in [6.45, 7) is 1.63. The lowest BCUT2D eigenvalue weighted by molar-refractivity contribution is -0.130. The average Bonchev–Trinajstić information content (AvgIpc) is 2.73. The lowest BCUT2D eigenvalue weighted by Gasteiger charge is -2.27. The number of amides is 2. The van der Waals surface area contributed by atoms with Crippen molar-refractivity contribution in [3.8, 4) is 11.5 Å². The minimum absolute atomic E-state index is 0.00608. The Bertz CT molecular complexity index is 642. The van der Waals surface area contributed by atoms with Gasteiger partial charge in [-0.2, -0.15) is 0 Å². The Kier molecular flexibility index (Phi) is 9.07. The molecule has 2 N–H and O–H groups in total. The van der Waals surface area contributed by atoms with Gasteiger partial charge in [-0.05, 0) is 49.8 Å². The SMILES string of the molecule is COCCNC(=O)C1CCC(C(=O)NCCc2ccc(OC)c(OC)c2)CC1. The molecule has 0 atom stereocenters. The Balaban J connectivity index is 1.71. The zero-order valence-corrected chi connectivity index (χ0v) is 17.1. The van der Waals surface area contributed by atoms with Crippen molar-refractivity contribution in [2.45, 2.75) is 32.1 Å². The standard InChI is InChI=1S/C21H32N2O5/c1-26-13-12-23-21(25)17-7-5-16(6-8-17)20(24)22-11-10-15-4-9-18(27-2)19(14-15)28-3/h4,9,14,16-17H,5-8,10-13H2,1-3H3,(H,22,24)(H,23,25). The van der Waals surface area contributed by atoms with E-state index in [1.165, 1.54) is 0 Å². The van der Waals surface area contributed by atoms with Crippen molar-refractivity contribution >= 4 is 11.8 Å². The number of benzene rings is 1. The van der Waals surface area contributed by atoms with Crippen LogP contribution < -0.4 is 20.1 Å². The highest BCUT2D eigenvalue weighted by Gasteiger charge is 2.29. The number of carbonyl (C=O) groups is 2. The third-order valence-corrected chi connectivity index (χ3v) is 5.24. The molecular weight excluding hydrogens is 360 g/mol. The highest BCUT2D eigenvalue weighted by atomic mass is 16.5. The second kappa shape index (κ2) is 11.5. The maximum Gasteiger partial charge on any atom is 0.223 e. The first-order chi connectivity index (χ1) is 13.6. The van der Waals surface area contributed by atoms with Crippen molar-refractivity contribution in [2.75, 3.05) is 41.0 Å². The van der Waals surface area contributed by atoms with Crippen LogP contribution in [0.15, 0.2) is 18.2 Å². The minimum Gasteiger partial charge on any atom is -0.493 e. The zero-order valence-electron chi connectivity index (χ0n) is 17.1. The van der Waals surface area contributed by atoms with E-state index in [-0.39, 0.29) is 23.7 Å². The molecule has 1 saturated carbocycles. The van der Waals surface area contributed by atoms with Gasteiger partial charge in [0.25, 0.3) is 0 Å². The predicted octanol–water partition coefficient (Wildman–Crippen LogP) is 1.93. The van der Waals surface area contributed by atoms with Gasteiger partial charge in [-0.15, -0.1) is 0 Å². The molecule has 0 saturated heterocycles. The Hall–Kier alpha value is -2.28. The molecule has 0 radical (unpaired) electrons. The summed E-state index contributed by atoms with van der Waals surface area (Å²) in [6.07, 6.45) is 3.75. The monoisotopic (exact) mass is 392 g/mol. The topological polar surface area (TPSA) is 85.9 Å². The maximum atomic E-state index is 12.4. The third-order valence-electron chi connectivity index (χ3n) is 5.24. The fraction of sp³-hybridized carbons (Fsp3) is 0.619. The van der Waals surface area contributed by atoms with Gasteiger partial charge in [0.05, 0.1) is 20.8 Å². The van der Waals surface area contributed by atoms with Crippen LogP contribution in [0.3, 0.4) is 0 Å². The molecule has 0 spiro atoms. The number of hydrogen-bond donors (Lipinski definition) is 2. The normalized spacial score (nSPS) is 19.0. The fourth-order valence-corrected chi connectivity index (χ4v) is 3.55. The van der Waals surface area contributed by atoms with Crippen LogP contribution in [-0.2, 0) is 20.7 Å². The summed E-state index contributed by atoms with van der Waals surface area (Å²) in [6, 6.07) is 5.77. The lowest BCUT2D eigenvalue weighted by atomic mass is 9.81. The molecule has 2 rings (SSSR count). The molecule has 0 unspecified atom stereocenters. The number of hydrogen-bond acceptors (Lipinski definition) is 5. The molecule has 28 heavy (non-hydrogen) atoms. The summed E-state index contributed by atoms with van der Waals surface area (Å²) >= 11 is 0. The fourth-order valence-electron chi connectivity index (χ4n) is 3.55. The quantitative estimate of drug-likeness (QED) is 0.594. The van der Waals surface area contributed by atoms with E-state index in [1.54, 1.807) is 21.3 Å². The van der Waals surface area contributed by atoms with Crippen molar-refractivity contribution in [3.05, 3.63) is 23.8 Å². The molecular formula is C21H32N2O5. The van der Waals surface area contributed by atoms with Gasteiger partial charge in [-0.25, -0.2) is 0 Å². The Morgan fingerprint density at radius 3 is 2.00 bits per heavy atom. The average molecular weight is 392 g/mol. The minimum atomic E-state index is -0.00608. The predicted molar refractivity (Wildman–Crippen MR) is 107 cm³/mol. The molecule has 0 aliphatic heterocycles. The smallest absolute Gasteiger partial charge is 0.223 e. The van der Waals surface area contributed by atoms with Gasteiger partial charge in [0.1, 0.15) is 0 Å². The van der Waals surface area contributed by atoms with Gasteiger partial charge >= 0.3 is 0 Å². The first-order valence-corrected chi connectivity index (χ1v) is 9.84. The molecule has 1 aliphatic carbocycles. The highest BCUT2D eigenvalue weighted by molar-refractivity contribution is 5.81. The van der Waals surface area contributed by atoms with E-state index in [4.69, 9.17) is 14.2 Å². The van der Waals surface area contributed by atoms with Crippen molar-refractivity contribution in [1.82, 2.24) is 10.6 Å². The van der Waals surface area contributed by atoms with Crippen LogP contribution in [0.4, 0.5) is 0 Å². The van der Waals surface area contributed by atoms with Gasteiger partial charge in [0.15, 0.2) is 11.5 Å². The molecule has 1 aromatic rings. The molecule has 156 valence electrons. The van der Waals surface area contributed by atoms with Gasteiger partial charge in [-0.3, -0.25) is 9.59 Å². The van der Waals surface area contributed by atoms with E-state index < -0.39 is 0 Å². The van der Waals surface area contributed by atoms with Crippen molar-refractivity contribution in [3.63, 3.8) is 0 Å². The number of nitrogens with one attached hydrogen (secondary N) is 2. The van der Waals surface area contributed by atoms with Crippen molar-refractivity contribution in [2.24, 2.45) is 11.8 Å². The van der Waals surface area contributed by atoms with Gasteiger partial charge < -0.3 is 24.8 Å². The summed E-state index contributed by atoms with van der Waals surface area (Å²) in [5.74, 6) is 1.54. The molecule has 7 heteroatoms. The van der Waals surface area contributed by atoms with E-state index in [0.717, 1.165) is 37.7 Å². The number of ether oxygens (including phenoxy) is 3. The number of methoxy groups -OCH3 is 3. The van der Waals surface area contributed by atoms with E-state index in [1.807, 2.05) is 18.2 Å². The molecule has 0 bridgehead atoms. The summed E-state index contributed by atoms with van der Waals surface area (Å²) in [5.41, 5.74) is 1.08. The second-order valence-electron chi connectivity index (χ2n) is 7.06. The Morgan fingerprint density at radius 1 is 0.893 bits per heavy atom. The molecule has 7 nitrogen and oxygen atoms in total. The van der Waals surface area contributed by atoms with E-state index in [0.29, 0.717) is 31.2 Å². The summed E-state index contributed by atoms with van der Waals surface area (Å²) in [7, 11) is 4.83. The molecule has 1 fully saturated rings. The third kappa shape index (κ3) is 6.41. The van der Waals surface area contributed by atoms with Crippen molar-refractivity contribution in [1.29, 1.82) is 0 Å². The largest absolute Gasteiger partial charge is 0.493 e. The molecule has 0 heterocycles. The summed E-state index contributed by atoms with van der Waals surface area (Å²) in [4.78, 5) is 24.5. The first-order valence-electron chi connectivity index (χ1n) is 9.84. The number of carbonyl (C=O) groups excluding carboxylic acids is 2. The molecule has 0 aromatic heterocycles. The number of rotatable bonds is 10. The van der Waals surface area contributed by atoms with E-state index >= 15 is 0 Å².